The van der Waals surface area contributed by atoms with E-state index in [1.165, 1.54) is 9.41 Å². The lowest BCUT2D eigenvalue weighted by molar-refractivity contribution is 0.868. The van der Waals surface area contributed by atoms with Gasteiger partial charge in [0, 0.05) is 17.0 Å². The molecule has 0 atom stereocenters. The van der Waals surface area contributed by atoms with E-state index in [0.717, 1.165) is 36.1 Å². The molecule has 2 aromatic heterocycles. The molecular formula is C16H17N5OS. The highest BCUT2D eigenvalue weighted by Crippen LogP contribution is 2.17. The minimum Gasteiger partial charge on any atom is -0.351 e. The number of fused-ring (bicyclic) bond motifs is 2. The van der Waals surface area contributed by atoms with Gasteiger partial charge in [-0.15, -0.1) is 11.8 Å². The fraction of sp³-hybridized carbons (Fsp3) is 0.312. The van der Waals surface area contributed by atoms with E-state index >= 15 is 0 Å². The number of rotatable bonds is 4. The first kappa shape index (κ1) is 14.3. The first-order valence-electron chi connectivity index (χ1n) is 7.62. The first-order chi connectivity index (χ1) is 11.2. The Hall–Kier alpha value is -2.28. The lowest BCUT2D eigenvalue weighted by Crippen LogP contribution is -2.20. The van der Waals surface area contributed by atoms with Crippen LogP contribution < -0.4 is 10.9 Å². The number of hydrogen-bond donors (Lipinski definition) is 2. The van der Waals surface area contributed by atoms with Crippen LogP contribution in [0.3, 0.4) is 0 Å². The summed E-state index contributed by atoms with van der Waals surface area (Å²) < 4.78 is 1.43. The molecule has 0 spiro atoms. The maximum atomic E-state index is 12.4. The van der Waals surface area contributed by atoms with Crippen LogP contribution in [-0.4, -0.2) is 25.8 Å². The number of hydrogen-bond acceptors (Lipinski definition) is 5. The molecule has 0 amide bonds. The van der Waals surface area contributed by atoms with Gasteiger partial charge in [0.2, 0.25) is 5.95 Å². The summed E-state index contributed by atoms with van der Waals surface area (Å²) in [6.07, 6.45) is 4.75. The summed E-state index contributed by atoms with van der Waals surface area (Å²) in [4.78, 5) is 22.5. The number of nitrogens with one attached hydrogen (secondary N) is 2. The van der Waals surface area contributed by atoms with Crippen molar-refractivity contribution < 1.29 is 0 Å². The van der Waals surface area contributed by atoms with Crippen molar-refractivity contribution in [3.05, 3.63) is 51.4 Å². The monoisotopic (exact) mass is 327 g/mol. The number of thioether (sulfide) groups is 1. The van der Waals surface area contributed by atoms with Crippen molar-refractivity contribution in [3.63, 3.8) is 0 Å². The molecule has 1 aliphatic rings. The number of aryl methyl sites for hydroxylation is 1. The topological polar surface area (TPSA) is 75.1 Å². The van der Waals surface area contributed by atoms with Gasteiger partial charge in [-0.05, 0) is 43.2 Å². The van der Waals surface area contributed by atoms with Crippen LogP contribution in [-0.2, 0) is 19.4 Å². The summed E-state index contributed by atoms with van der Waals surface area (Å²) in [5.74, 6) is 1.00. The molecule has 0 bridgehead atoms. The zero-order valence-corrected chi connectivity index (χ0v) is 13.6. The molecule has 0 aliphatic heterocycles. The van der Waals surface area contributed by atoms with Gasteiger partial charge >= 0.3 is 0 Å². The Labute approximate surface area is 137 Å². The number of aromatic amines is 1. The van der Waals surface area contributed by atoms with Gasteiger partial charge in [-0.1, -0.05) is 12.1 Å². The van der Waals surface area contributed by atoms with E-state index in [2.05, 4.69) is 50.9 Å². The summed E-state index contributed by atoms with van der Waals surface area (Å²) in [6, 6.07) is 8.36. The molecule has 2 heterocycles. The van der Waals surface area contributed by atoms with Gasteiger partial charge in [-0.3, -0.25) is 9.89 Å². The normalized spacial score (nSPS) is 13.4. The van der Waals surface area contributed by atoms with Crippen molar-refractivity contribution in [1.29, 1.82) is 0 Å². The first-order valence-corrected chi connectivity index (χ1v) is 8.84. The Morgan fingerprint density at radius 1 is 1.26 bits per heavy atom. The van der Waals surface area contributed by atoms with Crippen molar-refractivity contribution in [2.75, 3.05) is 11.6 Å². The van der Waals surface area contributed by atoms with Crippen LogP contribution in [0.2, 0.25) is 0 Å². The van der Waals surface area contributed by atoms with Crippen LogP contribution in [0.25, 0.3) is 5.78 Å². The van der Waals surface area contributed by atoms with Crippen LogP contribution in [0.5, 0.6) is 0 Å². The van der Waals surface area contributed by atoms with Gasteiger partial charge in [0.25, 0.3) is 11.3 Å². The van der Waals surface area contributed by atoms with Crippen LogP contribution in [0.4, 0.5) is 5.95 Å². The predicted octanol–water partition coefficient (Wildman–Crippen LogP) is 2.24. The third-order valence-corrected chi connectivity index (χ3v) is 4.88. The smallest absolute Gasteiger partial charge is 0.277 e. The van der Waals surface area contributed by atoms with Crippen molar-refractivity contribution in [2.45, 2.75) is 30.7 Å². The number of aromatic nitrogens is 4. The molecule has 2 N–H and O–H groups in total. The molecule has 0 radical (unpaired) electrons. The van der Waals surface area contributed by atoms with Crippen molar-refractivity contribution in [2.24, 2.45) is 0 Å². The Kier molecular flexibility index (Phi) is 3.57. The molecule has 0 fully saturated rings. The summed E-state index contributed by atoms with van der Waals surface area (Å²) in [6.45, 7) is 0.642. The SMILES string of the molecule is CSc1ccc(CNc2nc3nc4c(c(=O)n3[nH]2)CCC4)cc1. The van der Waals surface area contributed by atoms with E-state index in [1.807, 2.05) is 0 Å². The minimum atomic E-state index is -0.0210. The second-order valence-corrected chi connectivity index (χ2v) is 6.48. The number of nitrogens with zero attached hydrogens (tertiary/aromatic N) is 3. The van der Waals surface area contributed by atoms with Gasteiger partial charge in [0.1, 0.15) is 0 Å². The number of H-pyrrole nitrogens is 1. The summed E-state index contributed by atoms with van der Waals surface area (Å²) in [5.41, 5.74) is 2.87. The molecular weight excluding hydrogens is 310 g/mol. The number of anilines is 1. The molecule has 4 rings (SSSR count). The van der Waals surface area contributed by atoms with Crippen molar-refractivity contribution in [3.8, 4) is 0 Å². The Bertz CT molecular complexity index is 913. The molecule has 118 valence electrons. The maximum absolute atomic E-state index is 12.4. The van der Waals surface area contributed by atoms with E-state index in [4.69, 9.17) is 0 Å². The third kappa shape index (κ3) is 2.61. The zero-order valence-electron chi connectivity index (χ0n) is 12.8. The van der Waals surface area contributed by atoms with Crippen LogP contribution in [0.1, 0.15) is 23.2 Å². The lowest BCUT2D eigenvalue weighted by atomic mass is 10.2. The predicted molar refractivity (Wildman–Crippen MR) is 91.2 cm³/mol. The van der Waals surface area contributed by atoms with Gasteiger partial charge in [0.15, 0.2) is 0 Å². The van der Waals surface area contributed by atoms with Crippen LogP contribution in [0, 0.1) is 0 Å². The van der Waals surface area contributed by atoms with Gasteiger partial charge in [0.05, 0.1) is 5.69 Å². The highest BCUT2D eigenvalue weighted by Gasteiger charge is 2.19. The van der Waals surface area contributed by atoms with Gasteiger partial charge in [-0.25, -0.2) is 4.98 Å². The van der Waals surface area contributed by atoms with Crippen molar-refractivity contribution in [1.82, 2.24) is 19.6 Å². The van der Waals surface area contributed by atoms with Crippen LogP contribution in [0.15, 0.2) is 34.0 Å². The quantitative estimate of drug-likeness (QED) is 0.719. The van der Waals surface area contributed by atoms with Crippen molar-refractivity contribution >= 4 is 23.5 Å². The Morgan fingerprint density at radius 2 is 2.09 bits per heavy atom. The van der Waals surface area contributed by atoms with E-state index in [9.17, 15) is 4.79 Å². The molecule has 7 heteroatoms. The summed E-state index contributed by atoms with van der Waals surface area (Å²) >= 11 is 1.72. The average Bonchev–Trinajstić information content (AvgIpc) is 3.20. The average molecular weight is 327 g/mol. The fourth-order valence-corrected chi connectivity index (χ4v) is 3.30. The van der Waals surface area contributed by atoms with Gasteiger partial charge in [-0.2, -0.15) is 9.50 Å². The molecule has 3 aromatic rings. The molecule has 0 unspecified atom stereocenters. The Balaban J connectivity index is 1.57. The third-order valence-electron chi connectivity index (χ3n) is 4.13. The molecule has 1 aromatic carbocycles. The lowest BCUT2D eigenvalue weighted by Gasteiger charge is -2.03. The van der Waals surface area contributed by atoms with E-state index in [0.29, 0.717) is 18.3 Å². The fourth-order valence-electron chi connectivity index (χ4n) is 2.89. The molecule has 0 saturated carbocycles. The maximum Gasteiger partial charge on any atom is 0.277 e. The standard InChI is InChI=1S/C16H17N5OS/c1-23-11-7-5-10(6-8-11)9-17-15-19-16-18-13-4-2-3-12(13)14(22)21(16)20-15/h5-8H,2-4,9H2,1H3,(H2,17,18,19,20). The van der Waals surface area contributed by atoms with Gasteiger partial charge < -0.3 is 5.32 Å². The minimum absolute atomic E-state index is 0.0210. The van der Waals surface area contributed by atoms with E-state index in [-0.39, 0.29) is 5.56 Å². The molecule has 6 nitrogen and oxygen atoms in total. The van der Waals surface area contributed by atoms with Crippen LogP contribution >= 0.6 is 11.8 Å². The second-order valence-electron chi connectivity index (χ2n) is 5.61. The highest BCUT2D eigenvalue weighted by molar-refractivity contribution is 7.98. The molecule has 0 saturated heterocycles. The molecule has 1 aliphatic carbocycles. The second kappa shape index (κ2) is 5.73. The largest absolute Gasteiger partial charge is 0.351 e. The molecule has 23 heavy (non-hydrogen) atoms. The highest BCUT2D eigenvalue weighted by atomic mass is 32.2. The number of benzene rings is 1. The Morgan fingerprint density at radius 3 is 2.87 bits per heavy atom. The van der Waals surface area contributed by atoms with E-state index < -0.39 is 0 Å². The summed E-state index contributed by atoms with van der Waals surface area (Å²) in [7, 11) is 0. The zero-order chi connectivity index (χ0) is 15.8. The van der Waals surface area contributed by atoms with E-state index in [1.54, 1.807) is 11.8 Å². The summed E-state index contributed by atoms with van der Waals surface area (Å²) in [5, 5.41) is 6.22.